The van der Waals surface area contributed by atoms with E-state index in [4.69, 9.17) is 0 Å². The van der Waals surface area contributed by atoms with Crippen molar-refractivity contribution in [3.63, 3.8) is 0 Å². The summed E-state index contributed by atoms with van der Waals surface area (Å²) < 4.78 is 39.1. The number of ether oxygens (including phenoxy) is 1. The molecule has 0 unspecified atom stereocenters. The number of hydrogen-bond acceptors (Lipinski definition) is 3. The number of halogens is 3. The monoisotopic (exact) mass is 211 g/mol. The van der Waals surface area contributed by atoms with Gasteiger partial charge in [0.25, 0.3) is 0 Å². The molecule has 4 nitrogen and oxygen atoms in total. The van der Waals surface area contributed by atoms with Crippen LogP contribution in [0.3, 0.4) is 0 Å². The molecule has 1 fully saturated rings. The Morgan fingerprint density at radius 2 is 1.86 bits per heavy atom. The van der Waals surface area contributed by atoms with E-state index >= 15 is 0 Å². The van der Waals surface area contributed by atoms with Crippen LogP contribution in [0.25, 0.3) is 0 Å². The molecule has 0 saturated carbocycles. The Labute approximate surface area is 77.6 Å². The average molecular weight is 211 g/mol. The third-order valence-corrected chi connectivity index (χ3v) is 1.80. The minimum atomic E-state index is -4.96. The lowest BCUT2D eigenvalue weighted by Crippen LogP contribution is -2.55. The number of carbonyl (C=O) groups excluding carboxylic acids is 2. The van der Waals surface area contributed by atoms with Crippen molar-refractivity contribution in [1.29, 1.82) is 0 Å². The second-order valence-electron chi connectivity index (χ2n) is 2.95. The lowest BCUT2D eigenvalue weighted by Gasteiger charge is -2.37. The SMILES string of the molecule is CC(=O)N1CC(OC(=O)C(F)(F)F)C1. The molecule has 0 aromatic carbocycles. The number of hydrogen-bond donors (Lipinski definition) is 0. The van der Waals surface area contributed by atoms with Crippen LogP contribution in [0.15, 0.2) is 0 Å². The van der Waals surface area contributed by atoms with Crippen LogP contribution in [0, 0.1) is 0 Å². The van der Waals surface area contributed by atoms with Crippen LogP contribution in [0.5, 0.6) is 0 Å². The number of likely N-dealkylation sites (tertiary alicyclic amines) is 1. The van der Waals surface area contributed by atoms with E-state index in [1.54, 1.807) is 0 Å². The second kappa shape index (κ2) is 3.47. The highest BCUT2D eigenvalue weighted by molar-refractivity contribution is 5.77. The molecule has 1 rings (SSSR count). The summed E-state index contributed by atoms with van der Waals surface area (Å²) in [5, 5.41) is 0. The van der Waals surface area contributed by atoms with Crippen molar-refractivity contribution < 1.29 is 27.5 Å². The third kappa shape index (κ3) is 2.36. The largest absolute Gasteiger partial charge is 0.490 e. The highest BCUT2D eigenvalue weighted by Gasteiger charge is 2.44. The van der Waals surface area contributed by atoms with E-state index in [0.29, 0.717) is 0 Å². The first-order chi connectivity index (χ1) is 6.30. The number of carbonyl (C=O) groups is 2. The molecule has 0 radical (unpaired) electrons. The lowest BCUT2D eigenvalue weighted by molar-refractivity contribution is -0.211. The van der Waals surface area contributed by atoms with Crippen LogP contribution in [-0.2, 0) is 14.3 Å². The first-order valence-electron chi connectivity index (χ1n) is 3.84. The maximum absolute atomic E-state index is 11.7. The highest BCUT2D eigenvalue weighted by Crippen LogP contribution is 2.20. The van der Waals surface area contributed by atoms with E-state index in [0.717, 1.165) is 0 Å². The minimum absolute atomic E-state index is 0.0388. The molecule has 0 aliphatic carbocycles. The summed E-state index contributed by atoms with van der Waals surface area (Å²) in [5.74, 6) is -2.45. The molecule has 1 heterocycles. The highest BCUT2D eigenvalue weighted by atomic mass is 19.4. The van der Waals surface area contributed by atoms with Gasteiger partial charge in [0.2, 0.25) is 5.91 Å². The Hall–Kier alpha value is -1.27. The van der Waals surface area contributed by atoms with Crippen molar-refractivity contribution in [2.45, 2.75) is 19.2 Å². The number of amides is 1. The van der Waals surface area contributed by atoms with Gasteiger partial charge in [-0.05, 0) is 0 Å². The van der Waals surface area contributed by atoms with Crippen molar-refractivity contribution in [2.75, 3.05) is 13.1 Å². The number of alkyl halides is 3. The smallest absolute Gasteiger partial charge is 0.452 e. The Bertz CT molecular complexity index is 257. The van der Waals surface area contributed by atoms with Gasteiger partial charge in [-0.15, -0.1) is 0 Å². The molecular formula is C7H8F3NO3. The fourth-order valence-corrected chi connectivity index (χ4v) is 0.988. The normalized spacial score (nSPS) is 17.6. The molecule has 1 aliphatic heterocycles. The summed E-state index contributed by atoms with van der Waals surface area (Å²) in [6, 6.07) is 0. The van der Waals surface area contributed by atoms with Crippen molar-refractivity contribution in [1.82, 2.24) is 4.90 Å². The van der Waals surface area contributed by atoms with Crippen molar-refractivity contribution in [3.8, 4) is 0 Å². The molecule has 0 spiro atoms. The van der Waals surface area contributed by atoms with Gasteiger partial charge in [-0.25, -0.2) is 4.79 Å². The first-order valence-corrected chi connectivity index (χ1v) is 3.84. The van der Waals surface area contributed by atoms with Crippen LogP contribution in [0.2, 0.25) is 0 Å². The molecule has 0 atom stereocenters. The molecule has 1 aliphatic rings. The van der Waals surface area contributed by atoms with Gasteiger partial charge in [-0.3, -0.25) is 4.79 Å². The number of nitrogens with zero attached hydrogens (tertiary/aromatic N) is 1. The molecular weight excluding hydrogens is 203 g/mol. The molecule has 1 amide bonds. The second-order valence-corrected chi connectivity index (χ2v) is 2.95. The van der Waals surface area contributed by atoms with Gasteiger partial charge in [0.15, 0.2) is 0 Å². The maximum Gasteiger partial charge on any atom is 0.490 e. The Morgan fingerprint density at radius 1 is 1.36 bits per heavy atom. The van der Waals surface area contributed by atoms with E-state index in [9.17, 15) is 22.8 Å². The molecule has 0 aromatic rings. The first kappa shape index (κ1) is 10.8. The van der Waals surface area contributed by atoms with Crippen LogP contribution in [0.1, 0.15) is 6.92 Å². The molecule has 1 saturated heterocycles. The number of rotatable bonds is 1. The van der Waals surface area contributed by atoms with Crippen LogP contribution >= 0.6 is 0 Å². The molecule has 0 bridgehead atoms. The maximum atomic E-state index is 11.7. The summed E-state index contributed by atoms with van der Waals surface area (Å²) in [4.78, 5) is 22.2. The predicted molar refractivity (Wildman–Crippen MR) is 38.2 cm³/mol. The van der Waals surface area contributed by atoms with Gasteiger partial charge < -0.3 is 9.64 Å². The zero-order valence-corrected chi connectivity index (χ0v) is 7.30. The minimum Gasteiger partial charge on any atom is -0.452 e. The molecule has 80 valence electrons. The van der Waals surface area contributed by atoms with Gasteiger partial charge in [-0.1, -0.05) is 0 Å². The standard InChI is InChI=1S/C7H8F3NO3/c1-4(12)11-2-5(3-11)14-6(13)7(8,9)10/h5H,2-3H2,1H3. The summed E-state index contributed by atoms with van der Waals surface area (Å²) in [6.07, 6.45) is -5.79. The zero-order chi connectivity index (χ0) is 10.9. The van der Waals surface area contributed by atoms with Gasteiger partial charge in [0, 0.05) is 6.92 Å². The molecule has 7 heteroatoms. The van der Waals surface area contributed by atoms with E-state index in [1.165, 1.54) is 11.8 Å². The fraction of sp³-hybridized carbons (Fsp3) is 0.714. The average Bonchev–Trinajstić information content (AvgIpc) is 1.92. The Morgan fingerprint density at radius 3 is 2.21 bits per heavy atom. The van der Waals surface area contributed by atoms with Gasteiger partial charge in [0.05, 0.1) is 13.1 Å². The van der Waals surface area contributed by atoms with Crippen molar-refractivity contribution >= 4 is 11.9 Å². The van der Waals surface area contributed by atoms with Gasteiger partial charge in [0.1, 0.15) is 6.10 Å². The number of esters is 1. The van der Waals surface area contributed by atoms with E-state index in [1.807, 2.05) is 0 Å². The van der Waals surface area contributed by atoms with E-state index in [2.05, 4.69) is 4.74 Å². The van der Waals surface area contributed by atoms with E-state index < -0.39 is 18.2 Å². The summed E-state index contributed by atoms with van der Waals surface area (Å²) >= 11 is 0. The summed E-state index contributed by atoms with van der Waals surface area (Å²) in [5.41, 5.74) is 0. The van der Waals surface area contributed by atoms with Crippen molar-refractivity contribution in [3.05, 3.63) is 0 Å². The lowest BCUT2D eigenvalue weighted by atomic mass is 10.2. The van der Waals surface area contributed by atoms with Crippen molar-refractivity contribution in [2.24, 2.45) is 0 Å². The Kier molecular flexibility index (Phi) is 2.68. The fourth-order valence-electron chi connectivity index (χ4n) is 0.988. The van der Waals surface area contributed by atoms with Gasteiger partial charge >= 0.3 is 12.1 Å². The quantitative estimate of drug-likeness (QED) is 0.587. The van der Waals surface area contributed by atoms with Crippen LogP contribution in [-0.4, -0.2) is 42.1 Å². The van der Waals surface area contributed by atoms with E-state index in [-0.39, 0.29) is 19.0 Å². The summed E-state index contributed by atoms with van der Waals surface area (Å²) in [7, 11) is 0. The molecule has 14 heavy (non-hydrogen) atoms. The van der Waals surface area contributed by atoms with Gasteiger partial charge in [-0.2, -0.15) is 13.2 Å². The van der Waals surface area contributed by atoms with Crippen LogP contribution < -0.4 is 0 Å². The predicted octanol–water partition coefficient (Wildman–Crippen LogP) is 0.323. The topological polar surface area (TPSA) is 46.6 Å². The zero-order valence-electron chi connectivity index (χ0n) is 7.30. The molecule has 0 N–H and O–H groups in total. The summed E-state index contributed by atoms with van der Waals surface area (Å²) in [6.45, 7) is 1.37. The Balaban J connectivity index is 2.30. The van der Waals surface area contributed by atoms with Crippen LogP contribution in [0.4, 0.5) is 13.2 Å². The molecule has 0 aromatic heterocycles. The third-order valence-electron chi connectivity index (χ3n) is 1.80.